The van der Waals surface area contributed by atoms with Crippen LogP contribution >= 0.6 is 15.9 Å². The molecule has 0 saturated carbocycles. The van der Waals surface area contributed by atoms with Gasteiger partial charge in [-0.25, -0.2) is 4.79 Å². The van der Waals surface area contributed by atoms with E-state index in [9.17, 15) is 9.59 Å². The summed E-state index contributed by atoms with van der Waals surface area (Å²) < 4.78 is 5.85. The standard InChI is InChI=1S/C19H23BrN2O3/c1-11-16(19(24)25-5)12(2)21-17(11)18(23)13(3)22(4)10-14-8-6-7-9-15(14)20/h6-9,13,21H,10H2,1-5H3/p+1/t13-/m0/s1. The molecule has 5 nitrogen and oxygen atoms in total. The molecule has 0 aliphatic rings. The van der Waals surface area contributed by atoms with Crippen LogP contribution in [0.1, 0.15) is 44.6 Å². The van der Waals surface area contributed by atoms with Gasteiger partial charge in [0.25, 0.3) is 0 Å². The predicted octanol–water partition coefficient (Wildman–Crippen LogP) is 2.47. The molecule has 0 amide bonds. The maximum atomic E-state index is 12.9. The third kappa shape index (κ3) is 4.02. The lowest BCUT2D eigenvalue weighted by Gasteiger charge is -2.21. The van der Waals surface area contributed by atoms with Crippen LogP contribution in [0.2, 0.25) is 0 Å². The maximum absolute atomic E-state index is 12.9. The Morgan fingerprint density at radius 1 is 1.28 bits per heavy atom. The second-order valence-corrected chi connectivity index (χ2v) is 7.17. The van der Waals surface area contributed by atoms with Crippen molar-refractivity contribution in [1.82, 2.24) is 4.98 Å². The van der Waals surface area contributed by atoms with Crippen LogP contribution in [0, 0.1) is 13.8 Å². The van der Waals surface area contributed by atoms with E-state index in [-0.39, 0.29) is 11.8 Å². The maximum Gasteiger partial charge on any atom is 0.339 e. The molecule has 1 unspecified atom stereocenters. The largest absolute Gasteiger partial charge is 0.465 e. The number of aromatic nitrogens is 1. The number of halogens is 1. The number of H-pyrrole nitrogens is 1. The van der Waals surface area contributed by atoms with E-state index in [1.54, 1.807) is 13.8 Å². The van der Waals surface area contributed by atoms with Crippen LogP contribution in [0.3, 0.4) is 0 Å². The number of carbonyl (C=O) groups is 2. The molecule has 0 aliphatic heterocycles. The van der Waals surface area contributed by atoms with Crippen LogP contribution < -0.4 is 4.90 Å². The number of ether oxygens (including phenoxy) is 1. The summed E-state index contributed by atoms with van der Waals surface area (Å²) in [5.74, 6) is -0.438. The van der Waals surface area contributed by atoms with Gasteiger partial charge in [0.2, 0.25) is 5.78 Å². The minimum atomic E-state index is -0.424. The molecule has 2 N–H and O–H groups in total. The van der Waals surface area contributed by atoms with Crippen molar-refractivity contribution < 1.29 is 19.2 Å². The molecule has 0 fully saturated rings. The van der Waals surface area contributed by atoms with Gasteiger partial charge in [-0.1, -0.05) is 34.1 Å². The van der Waals surface area contributed by atoms with Crippen molar-refractivity contribution in [3.63, 3.8) is 0 Å². The highest BCUT2D eigenvalue weighted by molar-refractivity contribution is 9.10. The zero-order valence-corrected chi connectivity index (χ0v) is 16.8. The first kappa shape index (κ1) is 19.4. The van der Waals surface area contributed by atoms with Crippen LogP contribution in [0.4, 0.5) is 0 Å². The van der Waals surface area contributed by atoms with Gasteiger partial charge in [0.15, 0.2) is 6.04 Å². The molecule has 1 aromatic carbocycles. The van der Waals surface area contributed by atoms with Crippen molar-refractivity contribution in [2.45, 2.75) is 33.4 Å². The Kier molecular flexibility index (Phi) is 6.19. The number of aromatic amines is 1. The number of carbonyl (C=O) groups excluding carboxylic acids is 2. The number of rotatable bonds is 6. The van der Waals surface area contributed by atoms with Gasteiger partial charge < -0.3 is 14.6 Å². The third-order valence-electron chi connectivity index (χ3n) is 4.63. The number of likely N-dealkylation sites (N-methyl/N-ethyl adjacent to an activating group) is 1. The number of esters is 1. The van der Waals surface area contributed by atoms with Crippen molar-refractivity contribution in [2.75, 3.05) is 14.2 Å². The highest BCUT2D eigenvalue weighted by atomic mass is 79.9. The molecule has 1 heterocycles. The lowest BCUT2D eigenvalue weighted by molar-refractivity contribution is -0.907. The molecule has 0 radical (unpaired) electrons. The van der Waals surface area contributed by atoms with E-state index in [0.717, 1.165) is 21.5 Å². The first-order chi connectivity index (χ1) is 11.8. The Morgan fingerprint density at radius 3 is 2.52 bits per heavy atom. The fourth-order valence-electron chi connectivity index (χ4n) is 2.94. The van der Waals surface area contributed by atoms with Gasteiger partial charge in [0, 0.05) is 15.7 Å². The third-order valence-corrected chi connectivity index (χ3v) is 5.41. The zero-order valence-electron chi connectivity index (χ0n) is 15.2. The van der Waals surface area contributed by atoms with E-state index >= 15 is 0 Å². The number of aryl methyl sites for hydroxylation is 1. The molecule has 1 aromatic heterocycles. The summed E-state index contributed by atoms with van der Waals surface area (Å²) in [5.41, 5.74) is 3.38. The van der Waals surface area contributed by atoms with Gasteiger partial charge in [0.1, 0.15) is 6.54 Å². The van der Waals surface area contributed by atoms with Gasteiger partial charge >= 0.3 is 5.97 Å². The number of methoxy groups -OCH3 is 1. The van der Waals surface area contributed by atoms with Gasteiger partial charge in [0.05, 0.1) is 25.4 Å². The summed E-state index contributed by atoms with van der Waals surface area (Å²) >= 11 is 3.55. The monoisotopic (exact) mass is 407 g/mol. The number of quaternary nitrogens is 1. The second-order valence-electron chi connectivity index (χ2n) is 6.32. The fourth-order valence-corrected chi connectivity index (χ4v) is 3.37. The molecule has 0 spiro atoms. The number of hydrogen-bond acceptors (Lipinski definition) is 3. The topological polar surface area (TPSA) is 63.6 Å². The average molecular weight is 408 g/mol. The SMILES string of the molecule is COC(=O)c1c(C)[nH]c(C(=O)[C@H](C)[NH+](C)Cc2ccccc2Br)c1C. The summed E-state index contributed by atoms with van der Waals surface area (Å²) in [4.78, 5) is 29.0. The van der Waals surface area contributed by atoms with E-state index in [0.29, 0.717) is 22.5 Å². The molecule has 0 aliphatic carbocycles. The Morgan fingerprint density at radius 2 is 1.92 bits per heavy atom. The van der Waals surface area contributed by atoms with Gasteiger partial charge in [-0.15, -0.1) is 0 Å². The van der Waals surface area contributed by atoms with Crippen molar-refractivity contribution in [3.8, 4) is 0 Å². The van der Waals surface area contributed by atoms with E-state index in [2.05, 4.69) is 20.9 Å². The summed E-state index contributed by atoms with van der Waals surface area (Å²) in [6.45, 7) is 6.18. The zero-order chi connectivity index (χ0) is 18.7. The Balaban J connectivity index is 2.22. The number of Topliss-reactive ketones (excluding diaryl/α,β-unsaturated/α-hetero) is 1. The van der Waals surface area contributed by atoms with Crippen LogP contribution in [0.25, 0.3) is 0 Å². The van der Waals surface area contributed by atoms with Crippen molar-refractivity contribution in [2.24, 2.45) is 0 Å². The summed E-state index contributed by atoms with van der Waals surface area (Å²) in [6.07, 6.45) is 0. The molecular formula is C19H24BrN2O3+. The highest BCUT2D eigenvalue weighted by Crippen LogP contribution is 2.20. The smallest absolute Gasteiger partial charge is 0.339 e. The second kappa shape index (κ2) is 7.97. The highest BCUT2D eigenvalue weighted by Gasteiger charge is 2.29. The van der Waals surface area contributed by atoms with E-state index in [1.165, 1.54) is 7.11 Å². The lowest BCUT2D eigenvalue weighted by Crippen LogP contribution is -3.12. The quantitative estimate of drug-likeness (QED) is 0.570. The first-order valence-electron chi connectivity index (χ1n) is 8.15. The Labute approximate surface area is 156 Å². The van der Waals surface area contributed by atoms with Crippen LogP contribution in [-0.4, -0.2) is 36.9 Å². The van der Waals surface area contributed by atoms with Crippen molar-refractivity contribution in [3.05, 3.63) is 56.8 Å². The molecule has 2 rings (SSSR count). The summed E-state index contributed by atoms with van der Waals surface area (Å²) in [7, 11) is 3.34. The number of hydrogen-bond donors (Lipinski definition) is 2. The molecule has 6 heteroatoms. The van der Waals surface area contributed by atoms with E-state index in [1.807, 2.05) is 38.2 Å². The van der Waals surface area contributed by atoms with Gasteiger partial charge in [-0.2, -0.15) is 0 Å². The number of nitrogens with one attached hydrogen (secondary N) is 2. The predicted molar refractivity (Wildman–Crippen MR) is 100 cm³/mol. The molecular weight excluding hydrogens is 384 g/mol. The van der Waals surface area contributed by atoms with Crippen LogP contribution in [-0.2, 0) is 11.3 Å². The summed E-state index contributed by atoms with van der Waals surface area (Å²) in [6, 6.07) is 7.74. The Hall–Kier alpha value is -1.92. The normalized spacial score (nSPS) is 13.4. The van der Waals surface area contributed by atoms with Crippen LogP contribution in [0.5, 0.6) is 0 Å². The molecule has 2 atom stereocenters. The lowest BCUT2D eigenvalue weighted by atomic mass is 10.0. The van der Waals surface area contributed by atoms with E-state index < -0.39 is 5.97 Å². The molecule has 25 heavy (non-hydrogen) atoms. The Bertz CT molecular complexity index is 798. The minimum Gasteiger partial charge on any atom is -0.465 e. The minimum absolute atomic E-state index is 0.0136. The van der Waals surface area contributed by atoms with E-state index in [4.69, 9.17) is 4.74 Å². The summed E-state index contributed by atoms with van der Waals surface area (Å²) in [5, 5.41) is 0. The molecule has 134 valence electrons. The number of benzene rings is 1. The van der Waals surface area contributed by atoms with Gasteiger partial charge in [-0.05, 0) is 32.4 Å². The fraction of sp³-hybridized carbons (Fsp3) is 0.368. The average Bonchev–Trinajstić information content (AvgIpc) is 2.89. The molecule has 2 aromatic rings. The molecule has 0 saturated heterocycles. The molecule has 0 bridgehead atoms. The van der Waals surface area contributed by atoms with Crippen LogP contribution in [0.15, 0.2) is 28.7 Å². The number of ketones is 1. The first-order valence-corrected chi connectivity index (χ1v) is 8.94. The van der Waals surface area contributed by atoms with Crippen molar-refractivity contribution in [1.29, 1.82) is 0 Å². The van der Waals surface area contributed by atoms with Crippen molar-refractivity contribution >= 4 is 27.7 Å². The van der Waals surface area contributed by atoms with Gasteiger partial charge in [-0.3, -0.25) is 4.79 Å².